The summed E-state index contributed by atoms with van der Waals surface area (Å²) in [6.07, 6.45) is 0. The molecule has 0 bridgehead atoms. The molecule has 0 saturated heterocycles. The third-order valence-electron chi connectivity index (χ3n) is 4.68. The molecule has 0 N–H and O–H groups in total. The summed E-state index contributed by atoms with van der Waals surface area (Å²) >= 11 is 0. The number of aliphatic carboxylic acids is 1. The Bertz CT molecular complexity index is 1200. The Morgan fingerprint density at radius 2 is 1.60 bits per heavy atom. The summed E-state index contributed by atoms with van der Waals surface area (Å²) in [5.41, 5.74) is 0.864. The van der Waals surface area contributed by atoms with Crippen LogP contribution in [0.1, 0.15) is 12.5 Å². The van der Waals surface area contributed by atoms with Crippen LogP contribution in [-0.4, -0.2) is 29.2 Å². The summed E-state index contributed by atoms with van der Waals surface area (Å²) in [4.78, 5) is 38.1. The maximum absolute atomic E-state index is 12.9. The van der Waals surface area contributed by atoms with Crippen molar-refractivity contribution in [1.82, 2.24) is 9.13 Å². The van der Waals surface area contributed by atoms with Gasteiger partial charge in [0.2, 0.25) is 0 Å². The monoisotopic (exact) mass is 501 g/mol. The van der Waals surface area contributed by atoms with Gasteiger partial charge in [0.05, 0.1) is 6.54 Å². The van der Waals surface area contributed by atoms with Crippen LogP contribution in [-0.2, 0) is 40.8 Å². The van der Waals surface area contributed by atoms with E-state index in [1.54, 1.807) is 23.5 Å². The molecule has 1 aromatic heterocycles. The van der Waals surface area contributed by atoms with Gasteiger partial charge in [-0.05, 0) is 43.4 Å². The molecule has 0 atom stereocenters. The summed E-state index contributed by atoms with van der Waals surface area (Å²) in [5, 5.41) is 11.1. The van der Waals surface area contributed by atoms with E-state index in [0.29, 0.717) is 11.5 Å². The van der Waals surface area contributed by atoms with Gasteiger partial charge in [0, 0.05) is 13.0 Å². The van der Waals surface area contributed by atoms with Crippen LogP contribution in [0.2, 0.25) is 0 Å². The third-order valence-corrected chi connectivity index (χ3v) is 4.68. The van der Waals surface area contributed by atoms with E-state index >= 15 is 0 Å². The average Bonchev–Trinajstić information content (AvgIpc) is 2.97. The van der Waals surface area contributed by atoms with Crippen molar-refractivity contribution < 1.29 is 32.3 Å². The number of carbonyl (C=O) groups is 1. The molecule has 1 aliphatic heterocycles. The minimum absolute atomic E-state index is 0. The summed E-state index contributed by atoms with van der Waals surface area (Å²) in [5.74, 6) is -0.465. The number of aromatic nitrogens is 2. The maximum atomic E-state index is 12.9. The van der Waals surface area contributed by atoms with E-state index < -0.39 is 5.97 Å². The molecule has 2 aromatic carbocycles. The second kappa shape index (κ2) is 9.34. The van der Waals surface area contributed by atoms with E-state index in [1.807, 2.05) is 56.6 Å². The van der Waals surface area contributed by atoms with Crippen LogP contribution >= 0.6 is 0 Å². The van der Waals surface area contributed by atoms with Crippen LogP contribution < -0.4 is 26.2 Å². The van der Waals surface area contributed by atoms with Crippen molar-refractivity contribution in [1.29, 1.82) is 0 Å². The zero-order valence-corrected chi connectivity index (χ0v) is 18.5. The van der Waals surface area contributed by atoms with Gasteiger partial charge in [0.25, 0.3) is 5.56 Å². The molecule has 4 rings (SSSR count). The number of hydrogen-bond donors (Lipinski definition) is 0. The standard InChI is InChI=1S/C19H19N4O2.C2H4O2.Ag/c1-20-12-21(2)17-16(20)18(24)23(19(25)22(17)3)11-13-8-9-14-6-4-5-7-15(14)10-13;1-2(3)4;/h4-10,12H,11H2,1-3H3;1H3,(H,3,4);/q-1;;+1/p-1. The fourth-order valence-electron chi connectivity index (χ4n) is 3.48. The molecule has 30 heavy (non-hydrogen) atoms. The molecule has 0 spiro atoms. The number of carbonyl (C=O) groups excluding carboxylic acids is 1. The van der Waals surface area contributed by atoms with Crippen molar-refractivity contribution >= 4 is 28.2 Å². The van der Waals surface area contributed by atoms with Gasteiger partial charge in [-0.1, -0.05) is 36.4 Å². The van der Waals surface area contributed by atoms with Gasteiger partial charge in [0.1, 0.15) is 11.5 Å². The maximum Gasteiger partial charge on any atom is 1.00 e. The van der Waals surface area contributed by atoms with Gasteiger partial charge in [-0.2, -0.15) is 6.67 Å². The first-order chi connectivity index (χ1) is 13.7. The third kappa shape index (κ3) is 4.51. The van der Waals surface area contributed by atoms with Gasteiger partial charge < -0.3 is 19.7 Å². The second-order valence-electron chi connectivity index (χ2n) is 6.92. The molecule has 8 nitrogen and oxygen atoms in total. The van der Waals surface area contributed by atoms with Crippen molar-refractivity contribution in [2.45, 2.75) is 13.5 Å². The molecule has 162 valence electrons. The Morgan fingerprint density at radius 3 is 2.23 bits per heavy atom. The normalized spacial score (nSPS) is 12.1. The molecule has 0 saturated carbocycles. The van der Waals surface area contributed by atoms with Crippen LogP contribution in [0, 0.1) is 6.67 Å². The largest absolute Gasteiger partial charge is 1.00 e. The minimum Gasteiger partial charge on any atom is -0.550 e. The Morgan fingerprint density at radius 1 is 1.00 bits per heavy atom. The Kier molecular flexibility index (Phi) is 7.30. The van der Waals surface area contributed by atoms with Crippen LogP contribution in [0.4, 0.5) is 11.5 Å². The summed E-state index contributed by atoms with van der Waals surface area (Å²) in [7, 11) is 5.34. The van der Waals surface area contributed by atoms with Gasteiger partial charge in [-0.3, -0.25) is 13.9 Å². The van der Waals surface area contributed by atoms with E-state index in [4.69, 9.17) is 9.90 Å². The molecular formula is C21H22AgN4O4-. The van der Waals surface area contributed by atoms with Crippen LogP contribution in [0.3, 0.4) is 0 Å². The van der Waals surface area contributed by atoms with Gasteiger partial charge in [0.15, 0.2) is 0 Å². The molecular weight excluding hydrogens is 480 g/mol. The number of carboxylic acid groups (broad SMARTS) is 1. The number of fused-ring (bicyclic) bond motifs is 2. The van der Waals surface area contributed by atoms with Crippen molar-refractivity contribution in [2.24, 2.45) is 7.05 Å². The molecule has 0 unspecified atom stereocenters. The van der Waals surface area contributed by atoms with Crippen molar-refractivity contribution in [3.8, 4) is 0 Å². The number of carboxylic acids is 1. The van der Waals surface area contributed by atoms with Gasteiger partial charge in [-0.15, -0.1) is 0 Å². The van der Waals surface area contributed by atoms with Gasteiger partial charge in [-0.25, -0.2) is 4.79 Å². The smallest absolute Gasteiger partial charge is 0.550 e. The van der Waals surface area contributed by atoms with Crippen LogP contribution in [0.25, 0.3) is 10.8 Å². The predicted octanol–water partition coefficient (Wildman–Crippen LogP) is 0.507. The van der Waals surface area contributed by atoms with Crippen LogP contribution in [0.15, 0.2) is 52.1 Å². The summed E-state index contributed by atoms with van der Waals surface area (Å²) in [6.45, 7) is 3.02. The molecule has 2 heterocycles. The van der Waals surface area contributed by atoms with E-state index in [2.05, 4.69) is 0 Å². The Labute approximate surface area is 189 Å². The molecule has 0 radical (unpaired) electrons. The van der Waals surface area contributed by atoms with E-state index in [-0.39, 0.29) is 40.2 Å². The fourth-order valence-corrected chi connectivity index (χ4v) is 3.48. The first kappa shape index (κ1) is 23.5. The second-order valence-corrected chi connectivity index (χ2v) is 6.92. The molecule has 9 heteroatoms. The molecule has 3 aromatic rings. The van der Waals surface area contributed by atoms with E-state index in [0.717, 1.165) is 23.3 Å². The fraction of sp³-hybridized carbons (Fsp3) is 0.238. The zero-order valence-electron chi connectivity index (χ0n) is 17.0. The number of rotatable bonds is 2. The molecule has 0 aliphatic carbocycles. The Balaban J connectivity index is 0.000000591. The first-order valence-corrected chi connectivity index (χ1v) is 9.00. The molecule has 0 fully saturated rings. The number of benzene rings is 2. The average molecular weight is 502 g/mol. The van der Waals surface area contributed by atoms with Crippen molar-refractivity contribution in [3.63, 3.8) is 0 Å². The predicted molar refractivity (Wildman–Crippen MR) is 111 cm³/mol. The number of anilines is 2. The first-order valence-electron chi connectivity index (χ1n) is 9.00. The molecule has 1 aliphatic rings. The topological polar surface area (TPSA) is 90.6 Å². The summed E-state index contributed by atoms with van der Waals surface area (Å²) in [6, 6.07) is 14.0. The van der Waals surface area contributed by atoms with Crippen molar-refractivity contribution in [3.05, 3.63) is 75.5 Å². The quantitative estimate of drug-likeness (QED) is 0.375. The van der Waals surface area contributed by atoms with Crippen LogP contribution in [0.5, 0.6) is 0 Å². The minimum atomic E-state index is -1.08. The SMILES string of the molecule is CC(=O)[O-].CN1[CH-]N(C)c2c1c(=O)n(Cc1ccc3ccccc3c1)c(=O)n2C.[Ag+]. The van der Waals surface area contributed by atoms with E-state index in [9.17, 15) is 9.59 Å². The van der Waals surface area contributed by atoms with E-state index in [1.165, 1.54) is 9.13 Å². The van der Waals surface area contributed by atoms with Gasteiger partial charge >= 0.3 is 28.1 Å². The Hall–Kier alpha value is -2.81. The summed E-state index contributed by atoms with van der Waals surface area (Å²) < 4.78 is 2.82. The zero-order chi connectivity index (χ0) is 21.3. The molecule has 0 amide bonds. The van der Waals surface area contributed by atoms with Crippen molar-refractivity contribution in [2.75, 3.05) is 23.9 Å². The number of hydrogen-bond acceptors (Lipinski definition) is 6. The number of nitrogens with zero attached hydrogens (tertiary/aromatic N) is 4.